The average molecular weight is 442 g/mol. The second-order valence-electron chi connectivity index (χ2n) is 6.69. The zero-order valence-corrected chi connectivity index (χ0v) is 17.1. The number of carbonyl (C=O) groups is 2. The van der Waals surface area contributed by atoms with Gasteiger partial charge in [-0.25, -0.2) is 8.42 Å². The lowest BCUT2D eigenvalue weighted by atomic mass is 10.2. The molecule has 1 unspecified atom stereocenters. The third-order valence-electron chi connectivity index (χ3n) is 4.19. The summed E-state index contributed by atoms with van der Waals surface area (Å²) in [5.74, 6) is -2.75. The Labute approximate surface area is 172 Å². The third kappa shape index (κ3) is 6.31. The molecule has 6 nitrogen and oxygen atoms in total. The Morgan fingerprint density at radius 3 is 2.17 bits per heavy atom. The first-order chi connectivity index (χ1) is 13.9. The van der Waals surface area contributed by atoms with Crippen LogP contribution in [0.3, 0.4) is 0 Å². The van der Waals surface area contributed by atoms with E-state index in [4.69, 9.17) is 0 Å². The number of hydrogen-bond acceptors (Lipinski definition) is 4. The largest absolute Gasteiger partial charge is 0.416 e. The predicted molar refractivity (Wildman–Crippen MR) is 108 cm³/mol. The number of sulfone groups is 1. The first-order valence-electron chi connectivity index (χ1n) is 8.98. The summed E-state index contributed by atoms with van der Waals surface area (Å²) in [5.41, 5.74) is 0.112. The highest BCUT2D eigenvalue weighted by Gasteiger charge is 2.34. The van der Waals surface area contributed by atoms with Crippen LogP contribution in [0, 0.1) is 6.92 Å². The van der Waals surface area contributed by atoms with Crippen LogP contribution in [0.15, 0.2) is 48.5 Å². The fourth-order valence-corrected chi connectivity index (χ4v) is 4.33. The molecule has 2 aromatic rings. The van der Waals surface area contributed by atoms with E-state index in [0.717, 1.165) is 17.7 Å². The van der Waals surface area contributed by atoms with Crippen LogP contribution in [0.5, 0.6) is 0 Å². The molecule has 0 saturated carbocycles. The average Bonchev–Trinajstić information content (AvgIpc) is 2.60. The molecule has 0 saturated heterocycles. The molecule has 0 aliphatic heterocycles. The summed E-state index contributed by atoms with van der Waals surface area (Å²) < 4.78 is 63.6. The number of nitrogens with one attached hydrogen (secondary N) is 2. The summed E-state index contributed by atoms with van der Waals surface area (Å²) in [6, 6.07) is 10.6. The van der Waals surface area contributed by atoms with Gasteiger partial charge < -0.3 is 10.6 Å². The van der Waals surface area contributed by atoms with E-state index in [1.54, 1.807) is 31.2 Å². The molecule has 10 heteroatoms. The second-order valence-corrected chi connectivity index (χ2v) is 8.87. The highest BCUT2D eigenvalue weighted by molar-refractivity contribution is 7.93. The van der Waals surface area contributed by atoms with Gasteiger partial charge >= 0.3 is 6.18 Å². The Morgan fingerprint density at radius 1 is 1.00 bits per heavy atom. The summed E-state index contributed by atoms with van der Waals surface area (Å²) in [4.78, 5) is 24.6. The summed E-state index contributed by atoms with van der Waals surface area (Å²) in [6.07, 6.45) is -4.75. The van der Waals surface area contributed by atoms with Crippen molar-refractivity contribution < 1.29 is 31.2 Å². The van der Waals surface area contributed by atoms with Crippen molar-refractivity contribution in [3.8, 4) is 0 Å². The molecule has 162 valence electrons. The number of hydrogen-bond donors (Lipinski definition) is 2. The van der Waals surface area contributed by atoms with E-state index in [1.807, 2.05) is 0 Å². The Bertz CT molecular complexity index is 1040. The minimum atomic E-state index is -4.61. The molecular weight excluding hydrogens is 421 g/mol. The number of rotatable bonds is 7. The summed E-state index contributed by atoms with van der Waals surface area (Å²) in [6.45, 7) is 3.24. The minimum Gasteiger partial charge on any atom is -0.325 e. The molecule has 2 amide bonds. The Kier molecular flexibility index (Phi) is 7.25. The monoisotopic (exact) mass is 442 g/mol. The molecule has 2 aromatic carbocycles. The molecule has 1 atom stereocenters. The molecule has 0 aromatic heterocycles. The van der Waals surface area contributed by atoms with Crippen LogP contribution in [-0.4, -0.2) is 31.2 Å². The van der Waals surface area contributed by atoms with Gasteiger partial charge in [0, 0.05) is 11.4 Å². The van der Waals surface area contributed by atoms with Crippen molar-refractivity contribution in [2.75, 3.05) is 16.4 Å². The number of aryl methyl sites for hydroxylation is 1. The van der Waals surface area contributed by atoms with E-state index in [9.17, 15) is 31.2 Å². The van der Waals surface area contributed by atoms with Crippen molar-refractivity contribution in [1.82, 2.24) is 0 Å². The van der Waals surface area contributed by atoms with Gasteiger partial charge in [0.2, 0.25) is 11.8 Å². The summed E-state index contributed by atoms with van der Waals surface area (Å²) in [7, 11) is -4.21. The van der Waals surface area contributed by atoms with E-state index < -0.39 is 44.4 Å². The van der Waals surface area contributed by atoms with Crippen LogP contribution >= 0.6 is 0 Å². The zero-order chi connectivity index (χ0) is 22.5. The fraction of sp³-hybridized carbons (Fsp3) is 0.300. The molecule has 0 aliphatic rings. The molecule has 0 aliphatic carbocycles. The highest BCUT2D eigenvalue weighted by atomic mass is 32.2. The van der Waals surface area contributed by atoms with Gasteiger partial charge in [-0.15, -0.1) is 0 Å². The number of benzene rings is 2. The van der Waals surface area contributed by atoms with Gasteiger partial charge in [-0.2, -0.15) is 13.2 Å². The molecule has 0 heterocycles. The van der Waals surface area contributed by atoms with Crippen molar-refractivity contribution in [2.24, 2.45) is 0 Å². The van der Waals surface area contributed by atoms with Crippen LogP contribution < -0.4 is 10.6 Å². The number of carbonyl (C=O) groups excluding carboxylic acids is 2. The maximum absolute atomic E-state index is 12.8. The van der Waals surface area contributed by atoms with Crippen molar-refractivity contribution in [1.29, 1.82) is 0 Å². The fourth-order valence-electron chi connectivity index (χ4n) is 2.80. The van der Waals surface area contributed by atoms with Gasteiger partial charge in [0.25, 0.3) is 0 Å². The third-order valence-corrected chi connectivity index (χ3v) is 6.27. The maximum Gasteiger partial charge on any atom is 0.416 e. The van der Waals surface area contributed by atoms with Crippen LogP contribution in [-0.2, 0) is 25.6 Å². The summed E-state index contributed by atoms with van der Waals surface area (Å²) >= 11 is 0. The lowest BCUT2D eigenvalue weighted by Gasteiger charge is -2.16. The van der Waals surface area contributed by atoms with Gasteiger partial charge in [-0.05, 0) is 49.2 Å². The van der Waals surface area contributed by atoms with Crippen LogP contribution in [0.1, 0.15) is 24.5 Å². The molecule has 2 N–H and O–H groups in total. The number of alkyl halides is 3. The van der Waals surface area contributed by atoms with Crippen molar-refractivity contribution in [3.63, 3.8) is 0 Å². The van der Waals surface area contributed by atoms with Crippen LogP contribution in [0.4, 0.5) is 24.5 Å². The standard InChI is InChI=1S/C20H21F3N2O4S/c1-3-17(19(27)25-16-9-5-7-14(11-16)20(21,22)23)30(28,29)12-18(26)24-15-8-4-6-13(2)10-15/h4-11,17H,3,12H2,1-2H3,(H,24,26)(H,25,27). The Balaban J connectivity index is 2.11. The van der Waals surface area contributed by atoms with E-state index in [-0.39, 0.29) is 12.1 Å². The molecule has 0 radical (unpaired) electrons. The van der Waals surface area contributed by atoms with Crippen molar-refractivity contribution in [2.45, 2.75) is 31.7 Å². The molecule has 30 heavy (non-hydrogen) atoms. The molecule has 0 bridgehead atoms. The topological polar surface area (TPSA) is 92.3 Å². The molecule has 2 rings (SSSR count). The molecule has 0 spiro atoms. The number of amides is 2. The van der Waals surface area contributed by atoms with Crippen molar-refractivity contribution >= 4 is 33.0 Å². The zero-order valence-electron chi connectivity index (χ0n) is 16.3. The van der Waals surface area contributed by atoms with E-state index >= 15 is 0 Å². The predicted octanol–water partition coefficient (Wildman–Crippen LogP) is 3.78. The Hall–Kier alpha value is -2.88. The van der Waals surface area contributed by atoms with Crippen LogP contribution in [0.25, 0.3) is 0 Å². The highest BCUT2D eigenvalue weighted by Crippen LogP contribution is 2.30. The van der Waals surface area contributed by atoms with Gasteiger partial charge in [-0.1, -0.05) is 25.1 Å². The van der Waals surface area contributed by atoms with E-state index in [1.165, 1.54) is 13.0 Å². The first kappa shape index (κ1) is 23.4. The lowest BCUT2D eigenvalue weighted by molar-refractivity contribution is -0.137. The SMILES string of the molecule is CCC(C(=O)Nc1cccc(C(F)(F)F)c1)S(=O)(=O)CC(=O)Nc1cccc(C)c1. The van der Waals surface area contributed by atoms with E-state index in [0.29, 0.717) is 11.8 Å². The smallest absolute Gasteiger partial charge is 0.325 e. The van der Waals surface area contributed by atoms with Gasteiger partial charge in [0.1, 0.15) is 11.0 Å². The van der Waals surface area contributed by atoms with Gasteiger partial charge in [0.15, 0.2) is 9.84 Å². The summed E-state index contributed by atoms with van der Waals surface area (Å²) in [5, 5.41) is 3.06. The van der Waals surface area contributed by atoms with E-state index in [2.05, 4.69) is 10.6 Å². The van der Waals surface area contributed by atoms with Crippen molar-refractivity contribution in [3.05, 3.63) is 59.7 Å². The lowest BCUT2D eigenvalue weighted by Crippen LogP contribution is -2.39. The second kappa shape index (κ2) is 9.29. The molecular formula is C20H21F3N2O4S. The normalized spacial score (nSPS) is 12.8. The minimum absolute atomic E-state index is 0.148. The van der Waals surface area contributed by atoms with Crippen LogP contribution in [0.2, 0.25) is 0 Å². The Morgan fingerprint density at radius 2 is 1.60 bits per heavy atom. The quantitative estimate of drug-likeness (QED) is 0.683. The molecule has 0 fully saturated rings. The maximum atomic E-state index is 12.8. The number of halogens is 3. The van der Waals surface area contributed by atoms with Gasteiger partial charge in [0.05, 0.1) is 5.56 Å². The number of anilines is 2. The van der Waals surface area contributed by atoms with Gasteiger partial charge in [-0.3, -0.25) is 9.59 Å². The first-order valence-corrected chi connectivity index (χ1v) is 10.7.